The highest BCUT2D eigenvalue weighted by atomic mass is 79.9. The second kappa shape index (κ2) is 5.78. The van der Waals surface area contributed by atoms with Gasteiger partial charge in [0.2, 0.25) is 11.8 Å². The highest BCUT2D eigenvalue weighted by Crippen LogP contribution is 2.36. The fourth-order valence-electron chi connectivity index (χ4n) is 1.67. The number of nitro groups is 1. The Morgan fingerprint density at radius 2 is 2.14 bits per heavy atom. The normalized spacial score (nSPS) is 10.5. The van der Waals surface area contributed by atoms with Gasteiger partial charge in [0, 0.05) is 4.47 Å². The number of aryl methyl sites for hydroxylation is 1. The van der Waals surface area contributed by atoms with Crippen LogP contribution in [0.4, 0.5) is 27.5 Å². The van der Waals surface area contributed by atoms with Gasteiger partial charge in [0.15, 0.2) is 0 Å². The van der Waals surface area contributed by atoms with Crippen molar-refractivity contribution in [3.8, 4) is 0 Å². The molecule has 0 spiro atoms. The molecule has 21 heavy (non-hydrogen) atoms. The summed E-state index contributed by atoms with van der Waals surface area (Å²) in [6.07, 6.45) is 0. The second-order valence-electron chi connectivity index (χ2n) is 3.99. The van der Waals surface area contributed by atoms with Crippen LogP contribution in [0.1, 0.15) is 5.69 Å². The number of nitrogens with one attached hydrogen (secondary N) is 1. The summed E-state index contributed by atoms with van der Waals surface area (Å²) in [5, 5.41) is 13.8. The third kappa shape index (κ3) is 3.19. The number of benzene rings is 1. The van der Waals surface area contributed by atoms with E-state index in [2.05, 4.69) is 31.2 Å². The molecule has 0 saturated heterocycles. The van der Waals surface area contributed by atoms with Crippen molar-refractivity contribution < 1.29 is 9.31 Å². The van der Waals surface area contributed by atoms with Crippen molar-refractivity contribution in [3.63, 3.8) is 0 Å². The van der Waals surface area contributed by atoms with E-state index in [0.29, 0.717) is 0 Å². The summed E-state index contributed by atoms with van der Waals surface area (Å²) in [4.78, 5) is 18.0. The van der Waals surface area contributed by atoms with E-state index in [1.807, 2.05) is 0 Å². The fourth-order valence-corrected chi connectivity index (χ4v) is 2.57. The molecular weight excluding hydrogens is 369 g/mol. The zero-order valence-corrected chi connectivity index (χ0v) is 12.9. The van der Waals surface area contributed by atoms with Crippen LogP contribution in [0.25, 0.3) is 0 Å². The Morgan fingerprint density at radius 3 is 2.71 bits per heavy atom. The largest absolute Gasteiger partial charge is 0.368 e. The second-order valence-corrected chi connectivity index (χ2v) is 5.25. The Balaban J connectivity index is 2.57. The van der Waals surface area contributed by atoms with Gasteiger partial charge in [-0.3, -0.25) is 10.1 Å². The number of rotatable bonds is 3. The van der Waals surface area contributed by atoms with Crippen molar-refractivity contribution in [2.45, 2.75) is 6.92 Å². The van der Waals surface area contributed by atoms with Crippen LogP contribution in [-0.2, 0) is 0 Å². The van der Waals surface area contributed by atoms with Crippen LogP contribution in [0.15, 0.2) is 16.6 Å². The molecular formula is C11H8BrClFN5O2. The molecule has 0 atom stereocenters. The molecule has 0 unspecified atom stereocenters. The topological polar surface area (TPSA) is 107 Å². The van der Waals surface area contributed by atoms with Gasteiger partial charge < -0.3 is 11.1 Å². The number of anilines is 3. The van der Waals surface area contributed by atoms with E-state index in [1.165, 1.54) is 6.92 Å². The van der Waals surface area contributed by atoms with Gasteiger partial charge in [-0.2, -0.15) is 4.98 Å². The monoisotopic (exact) mass is 375 g/mol. The van der Waals surface area contributed by atoms with Gasteiger partial charge >= 0.3 is 5.69 Å². The third-order valence-electron chi connectivity index (χ3n) is 2.51. The first-order chi connectivity index (χ1) is 9.79. The van der Waals surface area contributed by atoms with E-state index in [4.69, 9.17) is 17.3 Å². The first-order valence-electron chi connectivity index (χ1n) is 5.49. The van der Waals surface area contributed by atoms with Crippen molar-refractivity contribution in [3.05, 3.63) is 43.3 Å². The summed E-state index contributed by atoms with van der Waals surface area (Å²) >= 11 is 9.04. The lowest BCUT2D eigenvalue weighted by atomic mass is 10.3. The molecule has 0 aliphatic rings. The Kier molecular flexibility index (Phi) is 4.24. The average molecular weight is 377 g/mol. The molecule has 1 aromatic carbocycles. The van der Waals surface area contributed by atoms with Crippen molar-refractivity contribution in [2.24, 2.45) is 0 Å². The highest BCUT2D eigenvalue weighted by molar-refractivity contribution is 9.10. The summed E-state index contributed by atoms with van der Waals surface area (Å²) in [5.41, 5.74) is 5.49. The van der Waals surface area contributed by atoms with Gasteiger partial charge in [-0.1, -0.05) is 11.6 Å². The van der Waals surface area contributed by atoms with Crippen LogP contribution in [0.5, 0.6) is 0 Å². The predicted molar refractivity (Wildman–Crippen MR) is 80.2 cm³/mol. The fraction of sp³-hybridized carbons (Fsp3) is 0.0909. The first-order valence-corrected chi connectivity index (χ1v) is 6.66. The van der Waals surface area contributed by atoms with E-state index in [0.717, 1.165) is 12.1 Å². The zero-order valence-electron chi connectivity index (χ0n) is 10.5. The van der Waals surface area contributed by atoms with E-state index in [1.54, 1.807) is 0 Å². The van der Waals surface area contributed by atoms with Gasteiger partial charge in [0.05, 0.1) is 15.6 Å². The smallest absolute Gasteiger partial charge is 0.332 e. The Hall–Kier alpha value is -2.00. The van der Waals surface area contributed by atoms with Crippen molar-refractivity contribution in [1.29, 1.82) is 0 Å². The summed E-state index contributed by atoms with van der Waals surface area (Å²) in [6, 6.07) is 2.23. The van der Waals surface area contributed by atoms with Gasteiger partial charge in [-0.05, 0) is 35.0 Å². The maximum Gasteiger partial charge on any atom is 0.332 e. The maximum absolute atomic E-state index is 13.2. The minimum Gasteiger partial charge on any atom is -0.368 e. The number of nitrogens with two attached hydrogens (primary N) is 1. The van der Waals surface area contributed by atoms with Crippen LogP contribution >= 0.6 is 27.5 Å². The highest BCUT2D eigenvalue weighted by Gasteiger charge is 2.23. The van der Waals surface area contributed by atoms with E-state index < -0.39 is 10.7 Å². The number of hydrogen-bond donors (Lipinski definition) is 2. The number of aromatic nitrogens is 2. The first kappa shape index (κ1) is 15.4. The lowest BCUT2D eigenvalue weighted by molar-refractivity contribution is -0.385. The molecule has 3 N–H and O–H groups in total. The summed E-state index contributed by atoms with van der Waals surface area (Å²) in [5.74, 6) is -0.806. The number of nitrogens with zero attached hydrogens (tertiary/aromatic N) is 3. The van der Waals surface area contributed by atoms with E-state index in [-0.39, 0.29) is 38.3 Å². The minimum absolute atomic E-state index is 0.0333. The van der Waals surface area contributed by atoms with Crippen molar-refractivity contribution in [1.82, 2.24) is 9.97 Å². The lowest BCUT2D eigenvalue weighted by Gasteiger charge is -2.11. The molecule has 10 heteroatoms. The minimum atomic E-state index is -0.636. The number of halogens is 3. The van der Waals surface area contributed by atoms with Gasteiger partial charge in [0.1, 0.15) is 11.5 Å². The summed E-state index contributed by atoms with van der Waals surface area (Å²) < 4.78 is 13.5. The Labute approximate surface area is 131 Å². The van der Waals surface area contributed by atoms with Crippen molar-refractivity contribution >= 4 is 50.7 Å². The van der Waals surface area contributed by atoms with Crippen LogP contribution in [-0.4, -0.2) is 14.9 Å². The molecule has 110 valence electrons. The quantitative estimate of drug-likeness (QED) is 0.626. The summed E-state index contributed by atoms with van der Waals surface area (Å²) in [6.45, 7) is 1.43. The SMILES string of the molecule is Cc1nc(N)nc(Nc2c(Cl)cc(F)cc2Br)c1[N+](=O)[O-]. The molecule has 0 aliphatic carbocycles. The molecule has 0 radical (unpaired) electrons. The van der Waals surface area contributed by atoms with Gasteiger partial charge in [-0.15, -0.1) is 0 Å². The van der Waals surface area contributed by atoms with Crippen molar-refractivity contribution in [2.75, 3.05) is 11.1 Å². The van der Waals surface area contributed by atoms with Crippen LogP contribution in [0.3, 0.4) is 0 Å². The molecule has 0 amide bonds. The average Bonchev–Trinajstić information content (AvgIpc) is 2.32. The molecule has 7 nitrogen and oxygen atoms in total. The van der Waals surface area contributed by atoms with Crippen LogP contribution in [0, 0.1) is 22.9 Å². The molecule has 1 heterocycles. The molecule has 2 rings (SSSR count). The third-order valence-corrected chi connectivity index (χ3v) is 3.43. The number of nitrogen functional groups attached to an aromatic ring is 1. The molecule has 2 aromatic rings. The van der Waals surface area contributed by atoms with E-state index >= 15 is 0 Å². The molecule has 0 aliphatic heterocycles. The van der Waals surface area contributed by atoms with Crippen LogP contribution in [0.2, 0.25) is 5.02 Å². The van der Waals surface area contributed by atoms with E-state index in [9.17, 15) is 14.5 Å². The Morgan fingerprint density at radius 1 is 1.48 bits per heavy atom. The van der Waals surface area contributed by atoms with Gasteiger partial charge in [0.25, 0.3) is 0 Å². The number of hydrogen-bond acceptors (Lipinski definition) is 6. The van der Waals surface area contributed by atoms with Crippen LogP contribution < -0.4 is 11.1 Å². The predicted octanol–water partition coefficient (Wildman–Crippen LogP) is 3.57. The molecule has 0 saturated carbocycles. The standard InChI is InChI=1S/C11H8BrClFN5O2/c1-4-9(19(20)21)10(18-11(15)16-4)17-8-6(12)2-5(14)3-7(8)13/h2-3H,1H3,(H3,15,16,17,18). The molecule has 0 fully saturated rings. The zero-order chi connectivity index (χ0) is 15.7. The summed E-state index contributed by atoms with van der Waals surface area (Å²) in [7, 11) is 0. The molecule has 0 bridgehead atoms. The van der Waals surface area contributed by atoms with Gasteiger partial charge in [-0.25, -0.2) is 9.37 Å². The lowest BCUT2D eigenvalue weighted by Crippen LogP contribution is -2.07. The molecule has 1 aromatic heterocycles. The maximum atomic E-state index is 13.2. The Bertz CT molecular complexity index is 720.